The first-order chi connectivity index (χ1) is 13.3. The number of aliphatic carboxylic acids is 1. The van der Waals surface area contributed by atoms with Crippen LogP contribution in [0.1, 0.15) is 38.4 Å². The molecule has 0 unspecified atom stereocenters. The first-order valence-electron chi connectivity index (χ1n) is 9.53. The van der Waals surface area contributed by atoms with Crippen molar-refractivity contribution in [1.82, 2.24) is 4.90 Å². The number of hydrogen-bond acceptors (Lipinski definition) is 6. The van der Waals surface area contributed by atoms with Crippen molar-refractivity contribution >= 4 is 11.9 Å². The molecule has 28 heavy (non-hydrogen) atoms. The van der Waals surface area contributed by atoms with E-state index in [2.05, 4.69) is 0 Å². The topological polar surface area (TPSA) is 106 Å². The third-order valence-electron chi connectivity index (χ3n) is 6.03. The van der Waals surface area contributed by atoms with Gasteiger partial charge in [-0.2, -0.15) is 0 Å². The monoisotopic (exact) mass is 391 g/mol. The number of nitrogens with zero attached hydrogens (tertiary/aromatic N) is 1. The smallest absolute Gasteiger partial charge is 0.329 e. The van der Waals surface area contributed by atoms with Gasteiger partial charge in [0, 0.05) is 18.0 Å². The van der Waals surface area contributed by atoms with Gasteiger partial charge in [-0.3, -0.25) is 4.79 Å². The van der Waals surface area contributed by atoms with E-state index in [4.69, 9.17) is 19.3 Å². The van der Waals surface area contributed by atoms with Crippen molar-refractivity contribution in [2.45, 2.75) is 50.5 Å². The van der Waals surface area contributed by atoms with Gasteiger partial charge >= 0.3 is 5.97 Å². The van der Waals surface area contributed by atoms with Gasteiger partial charge in [-0.05, 0) is 32.8 Å². The number of benzene rings is 1. The molecule has 1 amide bonds. The molecule has 2 N–H and O–H groups in total. The molecule has 0 spiro atoms. The molecule has 0 bridgehead atoms. The van der Waals surface area contributed by atoms with E-state index < -0.39 is 18.2 Å². The second kappa shape index (κ2) is 6.93. The Hall–Kier alpha value is -2.32. The predicted octanol–water partition coefficient (Wildman–Crippen LogP) is 1.71. The lowest BCUT2D eigenvalue weighted by molar-refractivity contribution is -0.169. The fourth-order valence-electron chi connectivity index (χ4n) is 4.70. The number of phenols is 1. The minimum Gasteiger partial charge on any atom is -0.504 e. The minimum atomic E-state index is -1.10. The van der Waals surface area contributed by atoms with Crippen LogP contribution in [-0.2, 0) is 19.1 Å². The number of carboxylic acid groups (broad SMARTS) is 1. The molecular weight excluding hydrogens is 366 g/mol. The van der Waals surface area contributed by atoms with Crippen LogP contribution in [0.4, 0.5) is 0 Å². The van der Waals surface area contributed by atoms with Crippen molar-refractivity contribution in [3.63, 3.8) is 0 Å². The molecule has 2 fully saturated rings. The van der Waals surface area contributed by atoms with E-state index in [1.165, 1.54) is 0 Å². The molecule has 0 radical (unpaired) electrons. The number of hydrogen-bond donors (Lipinski definition) is 2. The lowest BCUT2D eigenvalue weighted by atomic mass is 9.74. The second-order valence-electron chi connectivity index (χ2n) is 8.17. The molecule has 0 aliphatic carbocycles. The summed E-state index contributed by atoms with van der Waals surface area (Å²) in [6.07, 6.45) is 1.12. The van der Waals surface area contributed by atoms with E-state index in [0.717, 1.165) is 5.56 Å². The standard InChI is InChI=1S/C20H25NO7/c1-20(2)12-8-13-15(6-7-21(13)16(23)9-26-10-17(24)25)27-18(12)11-4-3-5-14(22)19(11)28-20/h3-5,12-13,15,18,22H,6-10H2,1-2H3,(H,24,25)/t12-,13-,15-,18+/m1/s1. The number of likely N-dealkylation sites (tertiary alicyclic amines) is 1. The molecular formula is C20H25NO7. The zero-order chi connectivity index (χ0) is 20.1. The van der Waals surface area contributed by atoms with Crippen LogP contribution in [0.3, 0.4) is 0 Å². The fourth-order valence-corrected chi connectivity index (χ4v) is 4.70. The Kier molecular flexibility index (Phi) is 4.71. The van der Waals surface area contributed by atoms with E-state index in [-0.39, 0.29) is 42.4 Å². The predicted molar refractivity (Wildman–Crippen MR) is 97.1 cm³/mol. The van der Waals surface area contributed by atoms with Gasteiger partial charge in [0.2, 0.25) is 5.91 Å². The number of carbonyl (C=O) groups excluding carboxylic acids is 1. The number of aromatic hydroxyl groups is 1. The largest absolute Gasteiger partial charge is 0.504 e. The highest BCUT2D eigenvalue weighted by Gasteiger charge is 2.54. The van der Waals surface area contributed by atoms with Gasteiger partial charge in [0.25, 0.3) is 0 Å². The molecule has 3 heterocycles. The number of carbonyl (C=O) groups is 2. The molecule has 0 saturated carbocycles. The Bertz CT molecular complexity index is 793. The summed E-state index contributed by atoms with van der Waals surface area (Å²) in [6.45, 7) is 3.76. The Labute approximate surface area is 163 Å². The number of rotatable bonds is 4. The Morgan fingerprint density at radius 2 is 2.11 bits per heavy atom. The van der Waals surface area contributed by atoms with E-state index in [9.17, 15) is 14.7 Å². The van der Waals surface area contributed by atoms with Crippen LogP contribution in [0.15, 0.2) is 18.2 Å². The summed E-state index contributed by atoms with van der Waals surface area (Å²) in [5.41, 5.74) is 0.274. The van der Waals surface area contributed by atoms with Crippen LogP contribution < -0.4 is 4.74 Å². The van der Waals surface area contributed by atoms with Crippen LogP contribution in [0.25, 0.3) is 0 Å². The fraction of sp³-hybridized carbons (Fsp3) is 0.600. The summed E-state index contributed by atoms with van der Waals surface area (Å²) >= 11 is 0. The number of ether oxygens (including phenoxy) is 3. The maximum atomic E-state index is 12.5. The SMILES string of the molecule is CC1(C)Oc2c(O)cccc2[C@@H]2O[C@@H]3CCN(C(=O)COCC(=O)O)[C@@H]3C[C@H]21. The molecule has 1 aromatic carbocycles. The lowest BCUT2D eigenvalue weighted by Gasteiger charge is -2.50. The lowest BCUT2D eigenvalue weighted by Crippen LogP contribution is -2.55. The number of fused-ring (bicyclic) bond motifs is 4. The van der Waals surface area contributed by atoms with Crippen molar-refractivity contribution in [2.24, 2.45) is 5.92 Å². The highest BCUT2D eigenvalue weighted by atomic mass is 16.5. The van der Waals surface area contributed by atoms with Crippen molar-refractivity contribution in [3.8, 4) is 11.5 Å². The van der Waals surface area contributed by atoms with Gasteiger partial charge in [0.1, 0.15) is 18.8 Å². The summed E-state index contributed by atoms with van der Waals surface area (Å²) in [5, 5.41) is 18.9. The third kappa shape index (κ3) is 3.20. The highest BCUT2D eigenvalue weighted by molar-refractivity contribution is 5.78. The first kappa shape index (κ1) is 19.0. The summed E-state index contributed by atoms with van der Waals surface area (Å²) < 4.78 is 17.5. The van der Waals surface area contributed by atoms with Crippen LogP contribution in [0, 0.1) is 5.92 Å². The molecule has 3 aliphatic heterocycles. The quantitative estimate of drug-likeness (QED) is 0.805. The van der Waals surface area contributed by atoms with Crippen LogP contribution >= 0.6 is 0 Å². The number of para-hydroxylation sites is 1. The number of carboxylic acids is 1. The van der Waals surface area contributed by atoms with Gasteiger partial charge in [-0.15, -0.1) is 0 Å². The molecule has 8 nitrogen and oxygen atoms in total. The molecule has 0 aromatic heterocycles. The highest BCUT2D eigenvalue weighted by Crippen LogP contribution is 2.54. The van der Waals surface area contributed by atoms with E-state index in [1.807, 2.05) is 19.9 Å². The van der Waals surface area contributed by atoms with Gasteiger partial charge in [0.05, 0.1) is 18.2 Å². The molecule has 8 heteroatoms. The molecule has 152 valence electrons. The summed E-state index contributed by atoms with van der Waals surface area (Å²) in [5.74, 6) is -0.729. The molecule has 4 atom stereocenters. The summed E-state index contributed by atoms with van der Waals surface area (Å²) in [4.78, 5) is 24.9. The molecule has 2 saturated heterocycles. The van der Waals surface area contributed by atoms with Crippen LogP contribution in [0.5, 0.6) is 11.5 Å². The molecule has 4 rings (SSSR count). The summed E-state index contributed by atoms with van der Waals surface area (Å²) in [7, 11) is 0. The van der Waals surface area contributed by atoms with Gasteiger partial charge in [-0.25, -0.2) is 4.79 Å². The third-order valence-corrected chi connectivity index (χ3v) is 6.03. The van der Waals surface area contributed by atoms with Crippen molar-refractivity contribution in [1.29, 1.82) is 0 Å². The van der Waals surface area contributed by atoms with E-state index in [0.29, 0.717) is 25.1 Å². The zero-order valence-corrected chi connectivity index (χ0v) is 16.0. The molecule has 3 aliphatic rings. The van der Waals surface area contributed by atoms with Gasteiger partial charge in [0.15, 0.2) is 11.5 Å². The van der Waals surface area contributed by atoms with Crippen molar-refractivity contribution in [2.75, 3.05) is 19.8 Å². The normalized spacial score (nSPS) is 30.0. The van der Waals surface area contributed by atoms with Gasteiger partial charge < -0.3 is 29.3 Å². The van der Waals surface area contributed by atoms with E-state index >= 15 is 0 Å². The maximum absolute atomic E-state index is 12.5. The Morgan fingerprint density at radius 3 is 2.86 bits per heavy atom. The number of amides is 1. The average Bonchev–Trinajstić information content (AvgIpc) is 3.04. The zero-order valence-electron chi connectivity index (χ0n) is 16.0. The molecule has 1 aromatic rings. The summed E-state index contributed by atoms with van der Waals surface area (Å²) in [6, 6.07) is 5.21. The van der Waals surface area contributed by atoms with Crippen molar-refractivity contribution < 1.29 is 34.0 Å². The Balaban J connectivity index is 1.54. The minimum absolute atomic E-state index is 0.0105. The maximum Gasteiger partial charge on any atom is 0.329 e. The second-order valence-corrected chi connectivity index (χ2v) is 8.17. The Morgan fingerprint density at radius 1 is 1.32 bits per heavy atom. The average molecular weight is 391 g/mol. The first-order valence-corrected chi connectivity index (χ1v) is 9.53. The van der Waals surface area contributed by atoms with Crippen molar-refractivity contribution in [3.05, 3.63) is 23.8 Å². The number of phenolic OH excluding ortho intramolecular Hbond substituents is 1. The van der Waals surface area contributed by atoms with Crippen LogP contribution in [0.2, 0.25) is 0 Å². The van der Waals surface area contributed by atoms with Gasteiger partial charge in [-0.1, -0.05) is 12.1 Å². The van der Waals surface area contributed by atoms with E-state index in [1.54, 1.807) is 17.0 Å². The van der Waals surface area contributed by atoms with Crippen LogP contribution in [-0.4, -0.2) is 64.5 Å².